The van der Waals surface area contributed by atoms with Gasteiger partial charge in [0.2, 0.25) is 5.91 Å². The summed E-state index contributed by atoms with van der Waals surface area (Å²) in [6.07, 6.45) is 0.833. The lowest BCUT2D eigenvalue weighted by atomic mass is 10.1. The SMILES string of the molecule is CCC1SCC(C(=O)NCCN2CCOCC2)N1C(=O)c1ccc(C)cc1. The molecule has 0 bridgehead atoms. The highest BCUT2D eigenvalue weighted by molar-refractivity contribution is 8.00. The second-order valence-corrected chi connectivity index (χ2v) is 8.25. The molecular formula is C20H29N3O3S. The molecule has 0 aliphatic carbocycles. The van der Waals surface area contributed by atoms with Gasteiger partial charge < -0.3 is 15.0 Å². The van der Waals surface area contributed by atoms with E-state index in [9.17, 15) is 9.59 Å². The van der Waals surface area contributed by atoms with E-state index in [-0.39, 0.29) is 17.2 Å². The average molecular weight is 392 g/mol. The van der Waals surface area contributed by atoms with Crippen LogP contribution < -0.4 is 5.32 Å². The van der Waals surface area contributed by atoms with E-state index < -0.39 is 6.04 Å². The van der Waals surface area contributed by atoms with Crippen molar-refractivity contribution in [1.29, 1.82) is 0 Å². The predicted octanol–water partition coefficient (Wildman–Crippen LogP) is 1.74. The van der Waals surface area contributed by atoms with Gasteiger partial charge in [-0.25, -0.2) is 0 Å². The van der Waals surface area contributed by atoms with E-state index in [1.54, 1.807) is 16.7 Å². The summed E-state index contributed by atoms with van der Waals surface area (Å²) in [6, 6.07) is 7.17. The molecule has 6 nitrogen and oxygen atoms in total. The molecule has 2 unspecified atom stereocenters. The number of nitrogens with zero attached hydrogens (tertiary/aromatic N) is 2. The number of morpholine rings is 1. The summed E-state index contributed by atoms with van der Waals surface area (Å²) in [5, 5.41) is 3.08. The minimum atomic E-state index is -0.404. The molecule has 0 radical (unpaired) electrons. The fourth-order valence-corrected chi connectivity index (χ4v) is 4.83. The molecule has 1 N–H and O–H groups in total. The Bertz CT molecular complexity index is 646. The highest BCUT2D eigenvalue weighted by atomic mass is 32.2. The number of hydrogen-bond acceptors (Lipinski definition) is 5. The Kier molecular flexibility index (Phi) is 7.15. The van der Waals surface area contributed by atoms with Crippen molar-refractivity contribution in [3.05, 3.63) is 35.4 Å². The van der Waals surface area contributed by atoms with Gasteiger partial charge in [-0.15, -0.1) is 11.8 Å². The molecule has 2 amide bonds. The summed E-state index contributed by atoms with van der Waals surface area (Å²) < 4.78 is 5.35. The molecule has 2 fully saturated rings. The van der Waals surface area contributed by atoms with Crippen LogP contribution in [0.3, 0.4) is 0 Å². The van der Waals surface area contributed by atoms with Crippen molar-refractivity contribution in [3.63, 3.8) is 0 Å². The maximum absolute atomic E-state index is 13.1. The standard InChI is InChI=1S/C20H29N3O3S/c1-3-18-23(20(25)16-6-4-15(2)5-7-16)17(14-27-18)19(24)21-8-9-22-10-12-26-13-11-22/h4-7,17-18H,3,8-14H2,1-2H3,(H,21,24). The summed E-state index contributed by atoms with van der Waals surface area (Å²) in [5.74, 6) is 0.548. The van der Waals surface area contributed by atoms with Crippen molar-refractivity contribution >= 4 is 23.6 Å². The summed E-state index contributed by atoms with van der Waals surface area (Å²) in [4.78, 5) is 29.9. The van der Waals surface area contributed by atoms with Crippen LogP contribution in [0.2, 0.25) is 0 Å². The fraction of sp³-hybridized carbons (Fsp3) is 0.600. The van der Waals surface area contributed by atoms with Crippen molar-refractivity contribution in [2.45, 2.75) is 31.7 Å². The second kappa shape index (κ2) is 9.57. The number of ether oxygens (including phenoxy) is 1. The Morgan fingerprint density at radius 1 is 1.22 bits per heavy atom. The monoisotopic (exact) mass is 391 g/mol. The Hall–Kier alpha value is -1.57. The lowest BCUT2D eigenvalue weighted by Crippen LogP contribution is -2.51. The first-order chi connectivity index (χ1) is 13.1. The van der Waals surface area contributed by atoms with Crippen LogP contribution >= 0.6 is 11.8 Å². The number of thioether (sulfide) groups is 1. The fourth-order valence-electron chi connectivity index (χ4n) is 3.48. The first kappa shape index (κ1) is 20.2. The summed E-state index contributed by atoms with van der Waals surface area (Å²) in [5.41, 5.74) is 1.76. The Morgan fingerprint density at radius 2 is 1.93 bits per heavy atom. The van der Waals surface area contributed by atoms with Crippen molar-refractivity contribution in [2.24, 2.45) is 0 Å². The first-order valence-corrected chi connectivity index (χ1v) is 10.7. The van der Waals surface area contributed by atoms with Gasteiger partial charge >= 0.3 is 0 Å². The van der Waals surface area contributed by atoms with Crippen molar-refractivity contribution < 1.29 is 14.3 Å². The van der Waals surface area contributed by atoms with Crippen LogP contribution in [0, 0.1) is 6.92 Å². The zero-order valence-corrected chi connectivity index (χ0v) is 17.0. The van der Waals surface area contributed by atoms with E-state index in [1.807, 2.05) is 31.2 Å². The number of rotatable bonds is 6. The minimum Gasteiger partial charge on any atom is -0.379 e. The maximum Gasteiger partial charge on any atom is 0.255 e. The molecule has 2 heterocycles. The Morgan fingerprint density at radius 3 is 2.59 bits per heavy atom. The van der Waals surface area contributed by atoms with Crippen molar-refractivity contribution in [3.8, 4) is 0 Å². The molecule has 0 spiro atoms. The first-order valence-electron chi connectivity index (χ1n) is 9.69. The molecule has 1 aromatic carbocycles. The number of carbonyl (C=O) groups excluding carboxylic acids is 2. The summed E-state index contributed by atoms with van der Waals surface area (Å²) >= 11 is 1.69. The number of amides is 2. The van der Waals surface area contributed by atoms with Crippen molar-refractivity contribution in [1.82, 2.24) is 15.1 Å². The van der Waals surface area contributed by atoms with Gasteiger partial charge in [-0.05, 0) is 25.5 Å². The van der Waals surface area contributed by atoms with Gasteiger partial charge in [0.15, 0.2) is 0 Å². The molecular weight excluding hydrogens is 362 g/mol. The Labute approximate surface area is 165 Å². The van der Waals surface area contributed by atoms with E-state index in [4.69, 9.17) is 4.74 Å². The molecule has 148 valence electrons. The Balaban J connectivity index is 1.61. The third-order valence-corrected chi connectivity index (χ3v) is 6.56. The number of hydrogen-bond donors (Lipinski definition) is 1. The third kappa shape index (κ3) is 5.03. The van der Waals surface area contributed by atoms with E-state index in [0.29, 0.717) is 17.9 Å². The molecule has 2 atom stereocenters. The highest BCUT2D eigenvalue weighted by Gasteiger charge is 2.40. The molecule has 0 saturated carbocycles. The van der Waals surface area contributed by atoms with Crippen LogP contribution in [0.4, 0.5) is 0 Å². The third-order valence-electron chi connectivity index (χ3n) is 5.11. The van der Waals surface area contributed by atoms with Crippen LogP contribution in [-0.2, 0) is 9.53 Å². The molecule has 0 aromatic heterocycles. The lowest BCUT2D eigenvalue weighted by molar-refractivity contribution is -0.124. The zero-order chi connectivity index (χ0) is 19.2. The van der Waals surface area contributed by atoms with E-state index in [1.165, 1.54) is 0 Å². The summed E-state index contributed by atoms with van der Waals surface area (Å²) in [7, 11) is 0. The molecule has 1 aromatic rings. The quantitative estimate of drug-likeness (QED) is 0.800. The van der Waals surface area contributed by atoms with Gasteiger partial charge in [-0.3, -0.25) is 14.5 Å². The number of benzene rings is 1. The molecule has 2 aliphatic heterocycles. The van der Waals surface area contributed by atoms with E-state index in [2.05, 4.69) is 17.1 Å². The topological polar surface area (TPSA) is 61.9 Å². The van der Waals surface area contributed by atoms with Gasteiger partial charge in [-0.2, -0.15) is 0 Å². The van der Waals surface area contributed by atoms with Crippen LogP contribution in [0.1, 0.15) is 29.3 Å². The van der Waals surface area contributed by atoms with Gasteiger partial charge in [0.1, 0.15) is 6.04 Å². The van der Waals surface area contributed by atoms with E-state index in [0.717, 1.165) is 44.8 Å². The van der Waals surface area contributed by atoms with Gasteiger partial charge in [0, 0.05) is 37.5 Å². The number of aryl methyl sites for hydroxylation is 1. The molecule has 3 rings (SSSR count). The lowest BCUT2D eigenvalue weighted by Gasteiger charge is -2.29. The van der Waals surface area contributed by atoms with Gasteiger partial charge in [0.05, 0.1) is 18.6 Å². The second-order valence-electron chi connectivity index (χ2n) is 7.04. The molecule has 7 heteroatoms. The highest BCUT2D eigenvalue weighted by Crippen LogP contribution is 2.32. The van der Waals surface area contributed by atoms with Crippen LogP contribution in [0.25, 0.3) is 0 Å². The van der Waals surface area contributed by atoms with Gasteiger partial charge in [-0.1, -0.05) is 24.6 Å². The van der Waals surface area contributed by atoms with Crippen LogP contribution in [-0.4, -0.2) is 78.2 Å². The number of carbonyl (C=O) groups is 2. The zero-order valence-electron chi connectivity index (χ0n) is 16.1. The van der Waals surface area contributed by atoms with Crippen LogP contribution in [0.5, 0.6) is 0 Å². The largest absolute Gasteiger partial charge is 0.379 e. The number of nitrogens with one attached hydrogen (secondary N) is 1. The molecule has 2 aliphatic rings. The van der Waals surface area contributed by atoms with E-state index >= 15 is 0 Å². The van der Waals surface area contributed by atoms with Crippen LogP contribution in [0.15, 0.2) is 24.3 Å². The predicted molar refractivity (Wildman–Crippen MR) is 108 cm³/mol. The average Bonchev–Trinajstić information content (AvgIpc) is 3.13. The molecule has 27 heavy (non-hydrogen) atoms. The van der Waals surface area contributed by atoms with Gasteiger partial charge in [0.25, 0.3) is 5.91 Å². The summed E-state index contributed by atoms with van der Waals surface area (Å²) in [6.45, 7) is 8.80. The van der Waals surface area contributed by atoms with Crippen molar-refractivity contribution in [2.75, 3.05) is 45.1 Å². The smallest absolute Gasteiger partial charge is 0.255 e. The normalized spacial score (nSPS) is 23.4. The minimum absolute atomic E-state index is 0.0489. The maximum atomic E-state index is 13.1. The molecule has 2 saturated heterocycles.